The van der Waals surface area contributed by atoms with Crippen LogP contribution in [0.25, 0.3) is 0 Å². The van der Waals surface area contributed by atoms with Gasteiger partial charge < -0.3 is 5.73 Å². The number of hydrogen-bond donors (Lipinski definition) is 1. The Kier molecular flexibility index (Phi) is 4.79. The van der Waals surface area contributed by atoms with Gasteiger partial charge in [-0.25, -0.2) is 0 Å². The van der Waals surface area contributed by atoms with Crippen LogP contribution in [0.5, 0.6) is 0 Å². The molecule has 0 bridgehead atoms. The summed E-state index contributed by atoms with van der Waals surface area (Å²) in [4.78, 5) is 2.37. The number of nitrogens with two attached hydrogens (primary N) is 1. The Bertz CT molecular complexity index is 296. The summed E-state index contributed by atoms with van der Waals surface area (Å²) < 4.78 is 0. The molecule has 1 aromatic carbocycles. The summed E-state index contributed by atoms with van der Waals surface area (Å²) in [7, 11) is 2.17. The molecule has 0 heterocycles. The lowest BCUT2D eigenvalue weighted by Gasteiger charge is -2.23. The Morgan fingerprint density at radius 2 is 2.00 bits per heavy atom. The van der Waals surface area contributed by atoms with Gasteiger partial charge in [-0.15, -0.1) is 0 Å². The van der Waals surface area contributed by atoms with Gasteiger partial charge in [-0.05, 0) is 31.5 Å². The van der Waals surface area contributed by atoms with Crippen LogP contribution in [0.4, 0.5) is 0 Å². The smallest absolute Gasteiger partial charge is 0.0233 e. The maximum atomic E-state index is 5.62. The highest BCUT2D eigenvalue weighted by Gasteiger charge is 2.06. The van der Waals surface area contributed by atoms with E-state index >= 15 is 0 Å². The minimum atomic E-state index is 0.626. The van der Waals surface area contributed by atoms with E-state index in [9.17, 15) is 0 Å². The molecule has 2 nitrogen and oxygen atoms in total. The number of rotatable bonds is 5. The summed E-state index contributed by atoms with van der Waals surface area (Å²) in [5.41, 5.74) is 8.18. The Labute approximate surface area is 93.1 Å². The highest BCUT2D eigenvalue weighted by Crippen LogP contribution is 2.10. The molecule has 0 saturated carbocycles. The Balaban J connectivity index is 2.63. The predicted molar refractivity (Wildman–Crippen MR) is 65.6 cm³/mol. The standard InChI is InChI=1S/C13H22N2/c1-4-11(2)15(3)10-13-7-5-6-12(8-13)9-14/h5-8,11H,4,9-10,14H2,1-3H3. The van der Waals surface area contributed by atoms with Crippen molar-refractivity contribution < 1.29 is 0 Å². The second kappa shape index (κ2) is 5.89. The number of hydrogen-bond acceptors (Lipinski definition) is 2. The van der Waals surface area contributed by atoms with Crippen molar-refractivity contribution in [1.82, 2.24) is 4.90 Å². The quantitative estimate of drug-likeness (QED) is 0.801. The molecule has 0 saturated heterocycles. The fourth-order valence-corrected chi connectivity index (χ4v) is 1.61. The average Bonchev–Trinajstić information content (AvgIpc) is 2.28. The Morgan fingerprint density at radius 3 is 2.60 bits per heavy atom. The monoisotopic (exact) mass is 206 g/mol. The van der Waals surface area contributed by atoms with E-state index in [-0.39, 0.29) is 0 Å². The molecule has 0 aliphatic carbocycles. The third-order valence-electron chi connectivity index (χ3n) is 3.00. The van der Waals surface area contributed by atoms with Crippen LogP contribution >= 0.6 is 0 Å². The van der Waals surface area contributed by atoms with Gasteiger partial charge in [-0.2, -0.15) is 0 Å². The summed E-state index contributed by atoms with van der Waals surface area (Å²) in [6, 6.07) is 9.15. The zero-order valence-electron chi connectivity index (χ0n) is 10.0. The first-order chi connectivity index (χ1) is 7.17. The van der Waals surface area contributed by atoms with Gasteiger partial charge in [-0.1, -0.05) is 31.2 Å². The van der Waals surface area contributed by atoms with Crippen molar-refractivity contribution in [1.29, 1.82) is 0 Å². The predicted octanol–water partition coefficient (Wildman–Crippen LogP) is 2.38. The number of nitrogens with zero attached hydrogens (tertiary/aromatic N) is 1. The zero-order valence-corrected chi connectivity index (χ0v) is 10.0. The molecule has 0 aliphatic heterocycles. The van der Waals surface area contributed by atoms with E-state index in [1.165, 1.54) is 17.5 Å². The van der Waals surface area contributed by atoms with Crippen LogP contribution in [0.2, 0.25) is 0 Å². The molecule has 2 N–H and O–H groups in total. The first kappa shape index (κ1) is 12.2. The van der Waals surface area contributed by atoms with Crippen LogP contribution in [-0.4, -0.2) is 18.0 Å². The average molecular weight is 206 g/mol. The molecule has 1 unspecified atom stereocenters. The van der Waals surface area contributed by atoms with Crippen LogP contribution in [0.15, 0.2) is 24.3 Å². The number of benzene rings is 1. The van der Waals surface area contributed by atoms with Crippen molar-refractivity contribution in [3.05, 3.63) is 35.4 Å². The minimum Gasteiger partial charge on any atom is -0.326 e. The van der Waals surface area contributed by atoms with Gasteiger partial charge >= 0.3 is 0 Å². The fourth-order valence-electron chi connectivity index (χ4n) is 1.61. The van der Waals surface area contributed by atoms with Crippen molar-refractivity contribution >= 4 is 0 Å². The summed E-state index contributed by atoms with van der Waals surface area (Å²) in [5.74, 6) is 0. The minimum absolute atomic E-state index is 0.626. The molecule has 1 atom stereocenters. The highest BCUT2D eigenvalue weighted by molar-refractivity contribution is 5.23. The van der Waals surface area contributed by atoms with Crippen LogP contribution in [0, 0.1) is 0 Å². The lowest BCUT2D eigenvalue weighted by atomic mass is 10.1. The SMILES string of the molecule is CCC(C)N(C)Cc1cccc(CN)c1. The lowest BCUT2D eigenvalue weighted by molar-refractivity contribution is 0.244. The molecule has 84 valence electrons. The van der Waals surface area contributed by atoms with Gasteiger partial charge in [0.25, 0.3) is 0 Å². The maximum absolute atomic E-state index is 5.62. The fraction of sp³-hybridized carbons (Fsp3) is 0.538. The highest BCUT2D eigenvalue weighted by atomic mass is 15.1. The van der Waals surface area contributed by atoms with Crippen molar-refractivity contribution in [2.24, 2.45) is 5.73 Å². The molecule has 1 aromatic rings. The van der Waals surface area contributed by atoms with Gasteiger partial charge in [0.1, 0.15) is 0 Å². The summed E-state index contributed by atoms with van der Waals surface area (Å²) in [6.45, 7) is 6.11. The van der Waals surface area contributed by atoms with Crippen LogP contribution in [0.3, 0.4) is 0 Å². The summed E-state index contributed by atoms with van der Waals surface area (Å²) >= 11 is 0. The molecular weight excluding hydrogens is 184 g/mol. The van der Waals surface area contributed by atoms with E-state index in [2.05, 4.69) is 50.1 Å². The van der Waals surface area contributed by atoms with Gasteiger partial charge in [0.15, 0.2) is 0 Å². The van der Waals surface area contributed by atoms with Crippen LogP contribution in [0.1, 0.15) is 31.4 Å². The molecule has 0 aromatic heterocycles. The Morgan fingerprint density at radius 1 is 1.33 bits per heavy atom. The molecule has 0 fully saturated rings. The van der Waals surface area contributed by atoms with E-state index in [4.69, 9.17) is 5.73 Å². The molecule has 0 amide bonds. The van der Waals surface area contributed by atoms with Gasteiger partial charge in [0, 0.05) is 19.1 Å². The first-order valence-electron chi connectivity index (χ1n) is 5.65. The van der Waals surface area contributed by atoms with E-state index in [0.717, 1.165) is 6.54 Å². The molecule has 0 spiro atoms. The van der Waals surface area contributed by atoms with Crippen molar-refractivity contribution in [3.8, 4) is 0 Å². The van der Waals surface area contributed by atoms with E-state index in [0.29, 0.717) is 12.6 Å². The third-order valence-corrected chi connectivity index (χ3v) is 3.00. The summed E-state index contributed by atoms with van der Waals surface area (Å²) in [6.07, 6.45) is 1.19. The molecule has 1 rings (SSSR count). The normalized spacial score (nSPS) is 13.1. The van der Waals surface area contributed by atoms with Crippen molar-refractivity contribution in [2.75, 3.05) is 7.05 Å². The van der Waals surface area contributed by atoms with E-state index in [1.54, 1.807) is 0 Å². The summed E-state index contributed by atoms with van der Waals surface area (Å²) in [5, 5.41) is 0. The second-order valence-corrected chi connectivity index (χ2v) is 4.20. The largest absolute Gasteiger partial charge is 0.326 e. The van der Waals surface area contributed by atoms with E-state index in [1.807, 2.05) is 0 Å². The molecule has 15 heavy (non-hydrogen) atoms. The first-order valence-corrected chi connectivity index (χ1v) is 5.65. The van der Waals surface area contributed by atoms with Crippen molar-refractivity contribution in [2.45, 2.75) is 39.4 Å². The zero-order chi connectivity index (χ0) is 11.3. The van der Waals surface area contributed by atoms with Gasteiger partial charge in [0.05, 0.1) is 0 Å². The van der Waals surface area contributed by atoms with Crippen LogP contribution in [-0.2, 0) is 13.1 Å². The topological polar surface area (TPSA) is 29.3 Å². The molecule has 0 aliphatic rings. The Hall–Kier alpha value is -0.860. The van der Waals surface area contributed by atoms with Gasteiger partial charge in [-0.3, -0.25) is 4.90 Å². The van der Waals surface area contributed by atoms with Crippen molar-refractivity contribution in [3.63, 3.8) is 0 Å². The van der Waals surface area contributed by atoms with Crippen LogP contribution < -0.4 is 5.73 Å². The molecule has 0 radical (unpaired) electrons. The maximum Gasteiger partial charge on any atom is 0.0233 e. The second-order valence-electron chi connectivity index (χ2n) is 4.20. The third kappa shape index (κ3) is 3.65. The molecular formula is C13H22N2. The molecule has 2 heteroatoms. The lowest BCUT2D eigenvalue weighted by Crippen LogP contribution is -2.27. The van der Waals surface area contributed by atoms with E-state index < -0.39 is 0 Å². The van der Waals surface area contributed by atoms with Gasteiger partial charge in [0.2, 0.25) is 0 Å².